The van der Waals surface area contributed by atoms with Crippen molar-refractivity contribution in [3.63, 3.8) is 0 Å². The molecule has 2 aromatic heterocycles. The van der Waals surface area contributed by atoms with Crippen molar-refractivity contribution in [2.45, 2.75) is 6.42 Å². The molecule has 3 aromatic rings. The van der Waals surface area contributed by atoms with Crippen LogP contribution in [0.15, 0.2) is 48.8 Å². The van der Waals surface area contributed by atoms with Crippen LogP contribution in [0.25, 0.3) is 5.52 Å². The highest BCUT2D eigenvalue weighted by Gasteiger charge is 2.15. The van der Waals surface area contributed by atoms with Gasteiger partial charge in [-0.3, -0.25) is 4.79 Å². The van der Waals surface area contributed by atoms with E-state index in [-0.39, 0.29) is 12.2 Å². The van der Waals surface area contributed by atoms with Gasteiger partial charge in [-0.1, -0.05) is 23.7 Å². The molecule has 0 fully saturated rings. The normalized spacial score (nSPS) is 10.9. The third-order valence-electron chi connectivity index (χ3n) is 3.09. The lowest BCUT2D eigenvalue weighted by atomic mass is 10.0. The van der Waals surface area contributed by atoms with Crippen LogP contribution < -0.4 is 0 Å². The van der Waals surface area contributed by atoms with Crippen LogP contribution in [0.5, 0.6) is 0 Å². The summed E-state index contributed by atoms with van der Waals surface area (Å²) < 4.78 is 15.3. The fourth-order valence-electron chi connectivity index (χ4n) is 2.08. The lowest BCUT2D eigenvalue weighted by Gasteiger charge is -2.02. The van der Waals surface area contributed by atoms with E-state index < -0.39 is 5.82 Å². The predicted octanol–water partition coefficient (Wildman–Crippen LogP) is 3.55. The number of hydrogen-bond donors (Lipinski definition) is 0. The van der Waals surface area contributed by atoms with Crippen LogP contribution in [-0.4, -0.2) is 15.4 Å². The molecule has 0 amide bonds. The van der Waals surface area contributed by atoms with E-state index in [4.69, 9.17) is 11.6 Å². The quantitative estimate of drug-likeness (QED) is 0.691. The first-order valence-corrected chi connectivity index (χ1v) is 6.42. The Bertz CT molecular complexity index is 797. The number of aromatic nitrogens is 2. The minimum Gasteiger partial charge on any atom is -0.294 e. The Balaban J connectivity index is 1.93. The van der Waals surface area contributed by atoms with Crippen molar-refractivity contribution in [1.82, 2.24) is 9.61 Å². The number of benzene rings is 1. The SMILES string of the molecule is O=C(Cc1ccc(Cl)cc1F)c1cnn2ccccc12. The molecule has 0 bridgehead atoms. The average Bonchev–Trinajstić information content (AvgIpc) is 2.86. The number of ketones is 1. The van der Waals surface area contributed by atoms with E-state index in [1.54, 1.807) is 22.8 Å². The van der Waals surface area contributed by atoms with Gasteiger partial charge in [0.15, 0.2) is 5.78 Å². The molecule has 0 aliphatic rings. The maximum Gasteiger partial charge on any atom is 0.171 e. The Morgan fingerprint density at radius 1 is 1.30 bits per heavy atom. The number of carbonyl (C=O) groups is 1. The van der Waals surface area contributed by atoms with Gasteiger partial charge in [-0.25, -0.2) is 8.91 Å². The zero-order chi connectivity index (χ0) is 14.1. The molecular formula is C15H10ClFN2O. The lowest BCUT2D eigenvalue weighted by molar-refractivity contribution is 0.0993. The Labute approximate surface area is 119 Å². The molecule has 0 aliphatic carbocycles. The number of halogens is 2. The van der Waals surface area contributed by atoms with E-state index in [0.29, 0.717) is 21.7 Å². The molecule has 5 heteroatoms. The molecule has 0 saturated heterocycles. The van der Waals surface area contributed by atoms with Gasteiger partial charge in [0.2, 0.25) is 0 Å². The van der Waals surface area contributed by atoms with Crippen molar-refractivity contribution in [3.8, 4) is 0 Å². The van der Waals surface area contributed by atoms with Gasteiger partial charge < -0.3 is 0 Å². The second kappa shape index (κ2) is 5.06. The summed E-state index contributed by atoms with van der Waals surface area (Å²) in [6.45, 7) is 0. The molecule has 0 spiro atoms. The molecule has 1 aromatic carbocycles. The molecule has 0 unspecified atom stereocenters. The van der Waals surface area contributed by atoms with Gasteiger partial charge in [-0.2, -0.15) is 5.10 Å². The number of hydrogen-bond acceptors (Lipinski definition) is 2. The zero-order valence-electron chi connectivity index (χ0n) is 10.4. The molecule has 2 heterocycles. The number of carbonyl (C=O) groups excluding carboxylic acids is 1. The molecular weight excluding hydrogens is 279 g/mol. The summed E-state index contributed by atoms with van der Waals surface area (Å²) in [5.74, 6) is -0.644. The van der Waals surface area contributed by atoms with Crippen LogP contribution in [0.2, 0.25) is 5.02 Å². The summed E-state index contributed by atoms with van der Waals surface area (Å²) in [5.41, 5.74) is 1.53. The second-order valence-electron chi connectivity index (χ2n) is 4.42. The highest BCUT2D eigenvalue weighted by molar-refractivity contribution is 6.30. The molecule has 0 atom stereocenters. The Morgan fingerprint density at radius 3 is 2.95 bits per heavy atom. The topological polar surface area (TPSA) is 34.4 Å². The number of fused-ring (bicyclic) bond motifs is 1. The third-order valence-corrected chi connectivity index (χ3v) is 3.33. The van der Waals surface area contributed by atoms with Crippen molar-refractivity contribution in [1.29, 1.82) is 0 Å². The molecule has 0 radical (unpaired) electrons. The largest absolute Gasteiger partial charge is 0.294 e. The Hall–Kier alpha value is -2.20. The summed E-state index contributed by atoms with van der Waals surface area (Å²) in [6, 6.07) is 9.77. The smallest absolute Gasteiger partial charge is 0.171 e. The third kappa shape index (κ3) is 2.30. The molecule has 0 N–H and O–H groups in total. The van der Waals surface area contributed by atoms with Gasteiger partial charge in [0.1, 0.15) is 5.82 Å². The van der Waals surface area contributed by atoms with E-state index in [9.17, 15) is 9.18 Å². The second-order valence-corrected chi connectivity index (χ2v) is 4.86. The molecule has 3 rings (SSSR count). The maximum atomic E-state index is 13.7. The Kier molecular flexibility index (Phi) is 3.24. The number of rotatable bonds is 3. The van der Waals surface area contributed by atoms with E-state index in [0.717, 1.165) is 0 Å². The van der Waals surface area contributed by atoms with Crippen molar-refractivity contribution < 1.29 is 9.18 Å². The fraction of sp³-hybridized carbons (Fsp3) is 0.0667. The van der Waals surface area contributed by atoms with Gasteiger partial charge in [-0.15, -0.1) is 0 Å². The standard InChI is InChI=1S/C15H10ClFN2O/c16-11-5-4-10(13(17)8-11)7-15(20)12-9-18-19-6-2-1-3-14(12)19/h1-6,8-9H,7H2. The molecule has 20 heavy (non-hydrogen) atoms. The van der Waals surface area contributed by atoms with Crippen LogP contribution in [0.4, 0.5) is 4.39 Å². The van der Waals surface area contributed by atoms with Gasteiger partial charge in [0, 0.05) is 17.6 Å². The van der Waals surface area contributed by atoms with Crippen molar-refractivity contribution in [2.24, 2.45) is 0 Å². The van der Waals surface area contributed by atoms with Gasteiger partial charge in [0.05, 0.1) is 17.3 Å². The highest BCUT2D eigenvalue weighted by Crippen LogP contribution is 2.18. The molecule has 3 nitrogen and oxygen atoms in total. The van der Waals surface area contributed by atoms with Crippen LogP contribution in [0.3, 0.4) is 0 Å². The van der Waals surface area contributed by atoms with E-state index in [1.165, 1.54) is 18.3 Å². The highest BCUT2D eigenvalue weighted by atomic mass is 35.5. The first-order valence-electron chi connectivity index (χ1n) is 6.04. The number of Topliss-reactive ketones (excluding diaryl/α,β-unsaturated/α-hetero) is 1. The van der Waals surface area contributed by atoms with Crippen LogP contribution in [0, 0.1) is 5.82 Å². The predicted molar refractivity (Wildman–Crippen MR) is 74.6 cm³/mol. The van der Waals surface area contributed by atoms with E-state index in [1.807, 2.05) is 12.1 Å². The van der Waals surface area contributed by atoms with Crippen LogP contribution in [0.1, 0.15) is 15.9 Å². The summed E-state index contributed by atoms with van der Waals surface area (Å²) in [7, 11) is 0. The summed E-state index contributed by atoms with van der Waals surface area (Å²) in [4.78, 5) is 12.3. The first kappa shape index (κ1) is 12.8. The van der Waals surface area contributed by atoms with Crippen molar-refractivity contribution in [3.05, 3.63) is 70.8 Å². The van der Waals surface area contributed by atoms with Crippen molar-refractivity contribution in [2.75, 3.05) is 0 Å². The maximum absolute atomic E-state index is 13.7. The van der Waals surface area contributed by atoms with Gasteiger partial charge in [-0.05, 0) is 29.8 Å². The average molecular weight is 289 g/mol. The first-order chi connectivity index (χ1) is 9.65. The summed E-state index contributed by atoms with van der Waals surface area (Å²) in [6.07, 6.45) is 3.25. The summed E-state index contributed by atoms with van der Waals surface area (Å²) in [5, 5.41) is 4.41. The van der Waals surface area contributed by atoms with Gasteiger partial charge in [0.25, 0.3) is 0 Å². The molecule has 100 valence electrons. The van der Waals surface area contributed by atoms with Gasteiger partial charge >= 0.3 is 0 Å². The van der Waals surface area contributed by atoms with Crippen LogP contribution >= 0.6 is 11.6 Å². The lowest BCUT2D eigenvalue weighted by Crippen LogP contribution is -2.05. The Morgan fingerprint density at radius 2 is 2.15 bits per heavy atom. The number of pyridine rings is 1. The number of nitrogens with zero attached hydrogens (tertiary/aromatic N) is 2. The fourth-order valence-corrected chi connectivity index (χ4v) is 2.24. The minimum absolute atomic E-state index is 0.0146. The van der Waals surface area contributed by atoms with Crippen molar-refractivity contribution >= 4 is 22.9 Å². The molecule has 0 saturated carbocycles. The van der Waals surface area contributed by atoms with E-state index in [2.05, 4.69) is 5.10 Å². The van der Waals surface area contributed by atoms with E-state index >= 15 is 0 Å². The zero-order valence-corrected chi connectivity index (χ0v) is 11.1. The molecule has 0 aliphatic heterocycles. The monoisotopic (exact) mass is 288 g/mol. The van der Waals surface area contributed by atoms with Crippen LogP contribution in [-0.2, 0) is 6.42 Å². The summed E-state index contributed by atoms with van der Waals surface area (Å²) >= 11 is 5.69. The minimum atomic E-state index is -0.470.